The predicted molar refractivity (Wildman–Crippen MR) is 68.7 cm³/mol. The number of hydrogen-bond acceptors (Lipinski definition) is 3. The van der Waals surface area contributed by atoms with Gasteiger partial charge in [0, 0.05) is 39.6 Å². The molecule has 18 heavy (non-hydrogen) atoms. The fourth-order valence-corrected chi connectivity index (χ4v) is 2.69. The average Bonchev–Trinajstić information content (AvgIpc) is 3.18. The van der Waals surface area contributed by atoms with E-state index in [1.807, 2.05) is 4.90 Å². The fourth-order valence-electron chi connectivity index (χ4n) is 2.69. The summed E-state index contributed by atoms with van der Waals surface area (Å²) in [5.41, 5.74) is 5.43. The van der Waals surface area contributed by atoms with Crippen molar-refractivity contribution in [2.24, 2.45) is 17.1 Å². The molecule has 1 aliphatic heterocycles. The zero-order valence-corrected chi connectivity index (χ0v) is 11.3. The number of carbonyl (C=O) groups excluding carboxylic acids is 2. The lowest BCUT2D eigenvalue weighted by molar-refractivity contribution is -0.142. The van der Waals surface area contributed by atoms with Crippen LogP contribution in [0.3, 0.4) is 0 Å². The number of piperidine rings is 1. The zero-order valence-electron chi connectivity index (χ0n) is 11.3. The highest BCUT2D eigenvalue weighted by atomic mass is 16.2. The van der Waals surface area contributed by atoms with Crippen LogP contribution in [-0.4, -0.2) is 55.3 Å². The van der Waals surface area contributed by atoms with Gasteiger partial charge in [-0.05, 0) is 25.7 Å². The lowest BCUT2D eigenvalue weighted by atomic mass is 9.94. The lowest BCUT2D eigenvalue weighted by Gasteiger charge is -2.34. The van der Waals surface area contributed by atoms with Crippen molar-refractivity contribution in [1.82, 2.24) is 9.80 Å². The van der Waals surface area contributed by atoms with Gasteiger partial charge in [0.15, 0.2) is 0 Å². The number of amides is 2. The van der Waals surface area contributed by atoms with Gasteiger partial charge in [0.1, 0.15) is 0 Å². The summed E-state index contributed by atoms with van der Waals surface area (Å²) >= 11 is 0. The second kappa shape index (κ2) is 4.88. The molecular weight excluding hydrogens is 230 g/mol. The van der Waals surface area contributed by atoms with Crippen molar-refractivity contribution in [2.45, 2.75) is 25.7 Å². The molecule has 0 bridgehead atoms. The Morgan fingerprint density at radius 2 is 1.83 bits per heavy atom. The Hall–Kier alpha value is -1.10. The number of hydrogen-bond donors (Lipinski definition) is 1. The van der Waals surface area contributed by atoms with Gasteiger partial charge in [0.05, 0.1) is 5.41 Å². The van der Waals surface area contributed by atoms with Crippen LogP contribution in [0.2, 0.25) is 0 Å². The lowest BCUT2D eigenvalue weighted by Crippen LogP contribution is -2.46. The largest absolute Gasteiger partial charge is 0.349 e. The molecule has 0 atom stereocenters. The minimum Gasteiger partial charge on any atom is -0.349 e. The second-order valence-corrected chi connectivity index (χ2v) is 5.78. The summed E-state index contributed by atoms with van der Waals surface area (Å²) in [6.45, 7) is 1.86. The number of likely N-dealkylation sites (tertiary alicyclic amines) is 1. The molecule has 1 heterocycles. The van der Waals surface area contributed by atoms with E-state index in [0.717, 1.165) is 25.7 Å². The van der Waals surface area contributed by atoms with Gasteiger partial charge < -0.3 is 15.5 Å². The van der Waals surface area contributed by atoms with E-state index in [0.29, 0.717) is 19.6 Å². The minimum atomic E-state index is -0.252. The number of carbonyl (C=O) groups is 2. The summed E-state index contributed by atoms with van der Waals surface area (Å²) in [7, 11) is 3.57. The van der Waals surface area contributed by atoms with E-state index in [1.54, 1.807) is 19.0 Å². The molecule has 1 saturated heterocycles. The molecule has 0 unspecified atom stereocenters. The molecule has 2 amide bonds. The van der Waals surface area contributed by atoms with Gasteiger partial charge in [-0.2, -0.15) is 0 Å². The highest BCUT2D eigenvalue weighted by molar-refractivity contribution is 5.86. The first-order valence-corrected chi connectivity index (χ1v) is 6.71. The Kier molecular flexibility index (Phi) is 3.61. The number of nitrogens with two attached hydrogens (primary N) is 1. The van der Waals surface area contributed by atoms with Crippen molar-refractivity contribution in [3.8, 4) is 0 Å². The summed E-state index contributed by atoms with van der Waals surface area (Å²) < 4.78 is 0. The van der Waals surface area contributed by atoms with Crippen LogP contribution in [0, 0.1) is 11.3 Å². The van der Waals surface area contributed by atoms with Crippen LogP contribution in [0.4, 0.5) is 0 Å². The smallest absolute Gasteiger partial charge is 0.230 e. The van der Waals surface area contributed by atoms with Gasteiger partial charge in [-0.3, -0.25) is 9.59 Å². The second-order valence-electron chi connectivity index (χ2n) is 5.78. The van der Waals surface area contributed by atoms with Gasteiger partial charge in [0.2, 0.25) is 11.8 Å². The molecule has 102 valence electrons. The quantitative estimate of drug-likeness (QED) is 0.773. The van der Waals surface area contributed by atoms with E-state index in [1.165, 1.54) is 0 Å². The maximum absolute atomic E-state index is 12.3. The molecule has 2 aliphatic rings. The van der Waals surface area contributed by atoms with Crippen LogP contribution in [-0.2, 0) is 9.59 Å². The Labute approximate surface area is 108 Å². The van der Waals surface area contributed by atoms with Gasteiger partial charge in [-0.25, -0.2) is 0 Å². The van der Waals surface area contributed by atoms with Crippen molar-refractivity contribution in [1.29, 1.82) is 0 Å². The summed E-state index contributed by atoms with van der Waals surface area (Å²) in [5, 5.41) is 0. The van der Waals surface area contributed by atoms with Crippen molar-refractivity contribution >= 4 is 11.8 Å². The van der Waals surface area contributed by atoms with Gasteiger partial charge in [-0.1, -0.05) is 0 Å². The molecule has 5 heteroatoms. The third-order valence-corrected chi connectivity index (χ3v) is 4.27. The average molecular weight is 253 g/mol. The monoisotopic (exact) mass is 253 g/mol. The maximum atomic E-state index is 12.3. The van der Waals surface area contributed by atoms with Crippen LogP contribution in [0.25, 0.3) is 0 Å². The summed E-state index contributed by atoms with van der Waals surface area (Å²) in [6, 6.07) is 0. The van der Waals surface area contributed by atoms with Crippen LogP contribution in [0.5, 0.6) is 0 Å². The molecule has 1 aliphatic carbocycles. The standard InChI is InChI=1S/C13H23N3O2/c1-15(2)11(17)10-3-7-16(8-4-10)12(18)13(9-14)5-6-13/h10H,3-9,14H2,1-2H3. The third kappa shape index (κ3) is 2.36. The Morgan fingerprint density at radius 3 is 2.22 bits per heavy atom. The molecule has 0 aromatic rings. The molecule has 0 radical (unpaired) electrons. The molecule has 0 aromatic carbocycles. The first-order chi connectivity index (χ1) is 8.50. The highest BCUT2D eigenvalue weighted by Crippen LogP contribution is 2.46. The fraction of sp³-hybridized carbons (Fsp3) is 0.846. The minimum absolute atomic E-state index is 0.0806. The predicted octanol–water partition coefficient (Wildman–Crippen LogP) is 0.0521. The zero-order chi connectivity index (χ0) is 13.3. The van der Waals surface area contributed by atoms with Gasteiger partial charge >= 0.3 is 0 Å². The third-order valence-electron chi connectivity index (χ3n) is 4.27. The van der Waals surface area contributed by atoms with E-state index < -0.39 is 0 Å². The first-order valence-electron chi connectivity index (χ1n) is 6.71. The first kappa shape index (κ1) is 13.3. The van der Waals surface area contributed by atoms with Crippen molar-refractivity contribution in [3.63, 3.8) is 0 Å². The van der Waals surface area contributed by atoms with Crippen LogP contribution < -0.4 is 5.73 Å². The van der Waals surface area contributed by atoms with E-state index in [-0.39, 0.29) is 23.1 Å². The van der Waals surface area contributed by atoms with E-state index >= 15 is 0 Å². The molecule has 1 saturated carbocycles. The molecule has 0 aromatic heterocycles. The molecule has 5 nitrogen and oxygen atoms in total. The van der Waals surface area contributed by atoms with Gasteiger partial charge in [0.25, 0.3) is 0 Å². The normalized spacial score (nSPS) is 22.7. The Bertz CT molecular complexity index is 342. The molecule has 2 N–H and O–H groups in total. The Morgan fingerprint density at radius 1 is 1.28 bits per heavy atom. The van der Waals surface area contributed by atoms with Crippen molar-refractivity contribution in [2.75, 3.05) is 33.7 Å². The van der Waals surface area contributed by atoms with E-state index in [2.05, 4.69) is 0 Å². The van der Waals surface area contributed by atoms with Crippen LogP contribution >= 0.6 is 0 Å². The van der Waals surface area contributed by atoms with Crippen LogP contribution in [0.1, 0.15) is 25.7 Å². The molecular formula is C13H23N3O2. The summed E-state index contributed by atoms with van der Waals surface area (Å²) in [6.07, 6.45) is 3.42. The van der Waals surface area contributed by atoms with Crippen molar-refractivity contribution in [3.05, 3.63) is 0 Å². The molecule has 2 fully saturated rings. The Balaban J connectivity index is 1.87. The molecule has 0 spiro atoms. The summed E-state index contributed by atoms with van der Waals surface area (Å²) in [4.78, 5) is 27.7. The van der Waals surface area contributed by atoms with Gasteiger partial charge in [-0.15, -0.1) is 0 Å². The number of rotatable bonds is 3. The van der Waals surface area contributed by atoms with Crippen LogP contribution in [0.15, 0.2) is 0 Å². The topological polar surface area (TPSA) is 66.6 Å². The van der Waals surface area contributed by atoms with E-state index in [4.69, 9.17) is 5.73 Å². The number of nitrogens with zero attached hydrogens (tertiary/aromatic N) is 2. The highest BCUT2D eigenvalue weighted by Gasteiger charge is 2.50. The molecule has 2 rings (SSSR count). The maximum Gasteiger partial charge on any atom is 0.230 e. The van der Waals surface area contributed by atoms with Crippen molar-refractivity contribution < 1.29 is 9.59 Å². The summed E-state index contributed by atoms with van der Waals surface area (Å²) in [5.74, 6) is 0.472. The van der Waals surface area contributed by atoms with E-state index in [9.17, 15) is 9.59 Å². The SMILES string of the molecule is CN(C)C(=O)C1CCN(C(=O)C2(CN)CC2)CC1.